The molecule has 112 valence electrons. The second kappa shape index (κ2) is 6.13. The first-order chi connectivity index (χ1) is 9.60. The van der Waals surface area contributed by atoms with Crippen molar-refractivity contribution in [3.05, 3.63) is 11.3 Å². The molecule has 0 amide bonds. The number of aliphatic hydroxyl groups excluding tert-OH is 1. The van der Waals surface area contributed by atoms with Crippen molar-refractivity contribution in [2.75, 3.05) is 18.1 Å². The Morgan fingerprint density at radius 2 is 2.15 bits per heavy atom. The van der Waals surface area contributed by atoms with Crippen molar-refractivity contribution < 1.29 is 10.3 Å². The van der Waals surface area contributed by atoms with Crippen molar-refractivity contribution in [2.24, 2.45) is 17.9 Å². The van der Waals surface area contributed by atoms with Crippen LogP contribution in [-0.4, -0.2) is 45.1 Å². The summed E-state index contributed by atoms with van der Waals surface area (Å²) in [4.78, 5) is 2.14. The number of hydrogen-bond acceptors (Lipinski definition) is 5. The maximum atomic E-state index is 9.36. The number of aliphatic hydroxyl groups is 1. The van der Waals surface area contributed by atoms with E-state index in [1.807, 2.05) is 14.0 Å². The van der Waals surface area contributed by atoms with Gasteiger partial charge < -0.3 is 20.9 Å². The molecule has 0 unspecified atom stereocenters. The lowest BCUT2D eigenvalue weighted by atomic mass is 10.1. The van der Waals surface area contributed by atoms with Crippen LogP contribution in [0, 0.1) is 6.92 Å². The predicted molar refractivity (Wildman–Crippen MR) is 77.1 cm³/mol. The quantitative estimate of drug-likeness (QED) is 0.317. The van der Waals surface area contributed by atoms with Gasteiger partial charge >= 0.3 is 0 Å². The Morgan fingerprint density at radius 3 is 2.70 bits per heavy atom. The molecule has 4 N–H and O–H groups in total. The molecule has 0 atom stereocenters. The SMILES string of the molecule is Cc1nn(C)c(N(CCO)C2CCCC2)c1C(N)=NO. The second-order valence-corrected chi connectivity index (χ2v) is 5.25. The Morgan fingerprint density at radius 1 is 1.50 bits per heavy atom. The number of aromatic nitrogens is 2. The highest BCUT2D eigenvalue weighted by Crippen LogP contribution is 2.31. The van der Waals surface area contributed by atoms with Crippen molar-refractivity contribution in [3.8, 4) is 0 Å². The zero-order valence-electron chi connectivity index (χ0n) is 12.1. The Labute approximate surface area is 118 Å². The van der Waals surface area contributed by atoms with Crippen molar-refractivity contribution in [1.82, 2.24) is 9.78 Å². The third kappa shape index (κ3) is 2.58. The maximum absolute atomic E-state index is 9.36. The van der Waals surface area contributed by atoms with Gasteiger partial charge in [0.25, 0.3) is 0 Å². The average molecular weight is 281 g/mol. The van der Waals surface area contributed by atoms with Gasteiger partial charge in [-0.3, -0.25) is 4.68 Å². The van der Waals surface area contributed by atoms with E-state index in [0.717, 1.165) is 24.4 Å². The monoisotopic (exact) mass is 281 g/mol. The van der Waals surface area contributed by atoms with Gasteiger partial charge in [0.05, 0.1) is 17.9 Å². The maximum Gasteiger partial charge on any atom is 0.175 e. The van der Waals surface area contributed by atoms with E-state index < -0.39 is 0 Å². The molecule has 1 fully saturated rings. The van der Waals surface area contributed by atoms with Crippen LogP contribution in [0.15, 0.2) is 5.16 Å². The summed E-state index contributed by atoms with van der Waals surface area (Å²) in [5, 5.41) is 25.8. The summed E-state index contributed by atoms with van der Waals surface area (Å²) >= 11 is 0. The Balaban J connectivity index is 2.46. The van der Waals surface area contributed by atoms with Crippen LogP contribution in [0.3, 0.4) is 0 Å². The molecule has 7 heteroatoms. The summed E-state index contributed by atoms with van der Waals surface area (Å²) in [5.41, 5.74) is 7.17. The van der Waals surface area contributed by atoms with Crippen LogP contribution >= 0.6 is 0 Å². The lowest BCUT2D eigenvalue weighted by Crippen LogP contribution is -2.38. The standard InChI is InChI=1S/C13H23N5O2/c1-9-11(12(14)16-20)13(17(2)15-9)18(7-8-19)10-5-3-4-6-10/h10,19-20H,3-8H2,1-2H3,(H2,14,16). The fourth-order valence-corrected chi connectivity index (χ4v) is 3.11. The van der Waals surface area contributed by atoms with Gasteiger partial charge in [-0.2, -0.15) is 5.10 Å². The van der Waals surface area contributed by atoms with Gasteiger partial charge in [-0.25, -0.2) is 0 Å². The summed E-state index contributed by atoms with van der Waals surface area (Å²) in [6, 6.07) is 0.377. The fourth-order valence-electron chi connectivity index (χ4n) is 3.11. The topological polar surface area (TPSA) is 99.9 Å². The second-order valence-electron chi connectivity index (χ2n) is 5.25. The summed E-state index contributed by atoms with van der Waals surface area (Å²) < 4.78 is 1.75. The van der Waals surface area contributed by atoms with E-state index in [1.165, 1.54) is 12.8 Å². The minimum atomic E-state index is 0.0616. The van der Waals surface area contributed by atoms with E-state index in [0.29, 0.717) is 18.2 Å². The number of rotatable bonds is 5. The van der Waals surface area contributed by atoms with Gasteiger partial charge in [-0.05, 0) is 19.8 Å². The number of aryl methyl sites for hydroxylation is 2. The van der Waals surface area contributed by atoms with Crippen LogP contribution in [0.25, 0.3) is 0 Å². The molecule has 1 aromatic rings. The zero-order valence-corrected chi connectivity index (χ0v) is 12.1. The smallest absolute Gasteiger partial charge is 0.175 e. The molecule has 2 rings (SSSR count). The van der Waals surface area contributed by atoms with Crippen LogP contribution < -0.4 is 10.6 Å². The molecule has 1 aliphatic carbocycles. The van der Waals surface area contributed by atoms with Gasteiger partial charge in [-0.1, -0.05) is 18.0 Å². The lowest BCUT2D eigenvalue weighted by Gasteiger charge is -2.31. The van der Waals surface area contributed by atoms with E-state index in [2.05, 4.69) is 15.2 Å². The van der Waals surface area contributed by atoms with E-state index in [1.54, 1.807) is 4.68 Å². The predicted octanol–water partition coefficient (Wildman–Crippen LogP) is 0.564. The van der Waals surface area contributed by atoms with Gasteiger partial charge in [0.1, 0.15) is 5.82 Å². The number of nitrogens with zero attached hydrogens (tertiary/aromatic N) is 4. The van der Waals surface area contributed by atoms with Crippen LogP contribution in [0.2, 0.25) is 0 Å². The van der Waals surface area contributed by atoms with Crippen molar-refractivity contribution in [1.29, 1.82) is 0 Å². The number of anilines is 1. The van der Waals surface area contributed by atoms with Crippen LogP contribution in [0.1, 0.15) is 36.9 Å². The Hall–Kier alpha value is -1.76. The molecule has 0 bridgehead atoms. The van der Waals surface area contributed by atoms with Crippen LogP contribution in [0.5, 0.6) is 0 Å². The highest BCUT2D eigenvalue weighted by atomic mass is 16.4. The normalized spacial score (nSPS) is 16.9. The summed E-state index contributed by atoms with van der Waals surface area (Å²) in [6.45, 7) is 2.42. The zero-order chi connectivity index (χ0) is 14.7. The summed E-state index contributed by atoms with van der Waals surface area (Å²) in [5.74, 6) is 0.880. The number of oxime groups is 1. The largest absolute Gasteiger partial charge is 0.409 e. The number of amidine groups is 1. The fraction of sp³-hybridized carbons (Fsp3) is 0.692. The van der Waals surface area contributed by atoms with E-state index in [-0.39, 0.29) is 12.4 Å². The first-order valence-corrected chi connectivity index (χ1v) is 6.99. The van der Waals surface area contributed by atoms with Crippen LogP contribution in [0.4, 0.5) is 5.82 Å². The number of hydrogen-bond donors (Lipinski definition) is 3. The lowest BCUT2D eigenvalue weighted by molar-refractivity contribution is 0.296. The molecule has 1 heterocycles. The molecule has 1 saturated carbocycles. The first kappa shape index (κ1) is 14.6. The highest BCUT2D eigenvalue weighted by Gasteiger charge is 2.29. The number of nitrogens with two attached hydrogens (primary N) is 1. The molecule has 0 spiro atoms. The van der Waals surface area contributed by atoms with E-state index in [9.17, 15) is 5.11 Å². The van der Waals surface area contributed by atoms with Crippen molar-refractivity contribution in [3.63, 3.8) is 0 Å². The van der Waals surface area contributed by atoms with Gasteiger partial charge in [0.15, 0.2) is 5.84 Å². The molecular weight excluding hydrogens is 258 g/mol. The minimum Gasteiger partial charge on any atom is -0.409 e. The Bertz CT molecular complexity index is 491. The van der Waals surface area contributed by atoms with Gasteiger partial charge in [0, 0.05) is 19.6 Å². The van der Waals surface area contributed by atoms with Gasteiger partial charge in [0.2, 0.25) is 0 Å². The summed E-state index contributed by atoms with van der Waals surface area (Å²) in [6.07, 6.45) is 4.59. The molecule has 20 heavy (non-hydrogen) atoms. The third-order valence-corrected chi connectivity index (χ3v) is 3.93. The van der Waals surface area contributed by atoms with Crippen molar-refractivity contribution in [2.45, 2.75) is 38.6 Å². The van der Waals surface area contributed by atoms with Crippen LogP contribution in [-0.2, 0) is 7.05 Å². The molecule has 7 nitrogen and oxygen atoms in total. The highest BCUT2D eigenvalue weighted by molar-refractivity contribution is 6.02. The third-order valence-electron chi connectivity index (χ3n) is 3.93. The average Bonchev–Trinajstić information content (AvgIpc) is 3.03. The first-order valence-electron chi connectivity index (χ1n) is 6.99. The Kier molecular flexibility index (Phi) is 4.49. The molecule has 0 radical (unpaired) electrons. The molecule has 0 saturated heterocycles. The van der Waals surface area contributed by atoms with E-state index in [4.69, 9.17) is 10.9 Å². The molecule has 1 aromatic heterocycles. The molecule has 0 aromatic carbocycles. The minimum absolute atomic E-state index is 0.0616. The summed E-state index contributed by atoms with van der Waals surface area (Å²) in [7, 11) is 1.84. The molecular formula is C13H23N5O2. The molecule has 0 aliphatic heterocycles. The molecule has 1 aliphatic rings. The van der Waals surface area contributed by atoms with E-state index >= 15 is 0 Å². The van der Waals surface area contributed by atoms with Crippen molar-refractivity contribution >= 4 is 11.7 Å². The van der Waals surface area contributed by atoms with Gasteiger partial charge in [-0.15, -0.1) is 0 Å².